The van der Waals surface area contributed by atoms with Crippen LogP contribution in [0.5, 0.6) is 5.75 Å². The minimum atomic E-state index is -3.45. The molecule has 0 N–H and O–H groups in total. The monoisotopic (exact) mass is 487 g/mol. The largest absolute Gasteiger partial charge is 0.466 e. The van der Waals surface area contributed by atoms with Crippen molar-refractivity contribution in [1.29, 1.82) is 0 Å². The van der Waals surface area contributed by atoms with Crippen LogP contribution in [-0.2, 0) is 21.3 Å². The van der Waals surface area contributed by atoms with E-state index in [0.29, 0.717) is 22.3 Å². The SMILES string of the molecule is CC(Oc1ccc(S(C)(=O)=O)cc1-c1cn(C)c(=O)c2ccccc12)O[Si](C)(C)C(C)(C)C. The molecule has 1 atom stereocenters. The van der Waals surface area contributed by atoms with E-state index in [0.717, 1.165) is 5.39 Å². The molecule has 6 nitrogen and oxygen atoms in total. The molecule has 0 bridgehead atoms. The number of aromatic nitrogens is 1. The first-order valence-corrected chi connectivity index (χ1v) is 15.7. The Morgan fingerprint density at radius 2 is 1.61 bits per heavy atom. The molecular formula is C25H33NO5SSi. The van der Waals surface area contributed by atoms with Crippen LogP contribution in [0.3, 0.4) is 0 Å². The lowest BCUT2D eigenvalue weighted by atomic mass is 10.00. The van der Waals surface area contributed by atoms with E-state index in [1.807, 2.05) is 25.1 Å². The molecule has 33 heavy (non-hydrogen) atoms. The molecule has 1 aromatic heterocycles. The van der Waals surface area contributed by atoms with E-state index in [1.54, 1.807) is 31.4 Å². The van der Waals surface area contributed by atoms with E-state index in [1.165, 1.54) is 16.9 Å². The van der Waals surface area contributed by atoms with Crippen LogP contribution in [-0.4, -0.2) is 33.8 Å². The van der Waals surface area contributed by atoms with E-state index in [2.05, 4.69) is 33.9 Å². The number of ether oxygens (including phenoxy) is 1. The summed E-state index contributed by atoms with van der Waals surface area (Å²) in [6, 6.07) is 12.1. The maximum atomic E-state index is 12.7. The summed E-state index contributed by atoms with van der Waals surface area (Å²) in [5, 5.41) is 1.30. The number of aryl methyl sites for hydroxylation is 1. The van der Waals surface area contributed by atoms with Crippen LogP contribution >= 0.6 is 0 Å². The summed E-state index contributed by atoms with van der Waals surface area (Å²) in [6.45, 7) is 12.6. The van der Waals surface area contributed by atoms with Crippen LogP contribution < -0.4 is 10.3 Å². The van der Waals surface area contributed by atoms with Gasteiger partial charge in [0.1, 0.15) is 5.75 Å². The average Bonchev–Trinajstić information content (AvgIpc) is 2.69. The molecule has 0 aliphatic rings. The second-order valence-corrected chi connectivity index (χ2v) is 16.8. The predicted octanol–water partition coefficient (Wildman–Crippen LogP) is 5.36. The van der Waals surface area contributed by atoms with E-state index >= 15 is 0 Å². The molecule has 2 aromatic carbocycles. The Balaban J connectivity index is 2.19. The van der Waals surface area contributed by atoms with E-state index in [4.69, 9.17) is 9.16 Å². The first-order chi connectivity index (χ1) is 15.1. The van der Waals surface area contributed by atoms with Crippen molar-refractivity contribution in [3.8, 4) is 16.9 Å². The number of sulfone groups is 1. The second-order valence-electron chi connectivity index (χ2n) is 10.00. The van der Waals surface area contributed by atoms with Crippen LogP contribution in [0.1, 0.15) is 27.7 Å². The molecule has 8 heteroatoms. The highest BCUT2D eigenvalue weighted by atomic mass is 32.2. The summed E-state index contributed by atoms with van der Waals surface area (Å²) in [5.74, 6) is 0.498. The minimum absolute atomic E-state index is 0.0154. The van der Waals surface area contributed by atoms with Gasteiger partial charge in [0.05, 0.1) is 4.90 Å². The van der Waals surface area contributed by atoms with Gasteiger partial charge >= 0.3 is 0 Å². The lowest BCUT2D eigenvalue weighted by Gasteiger charge is -2.38. The van der Waals surface area contributed by atoms with Gasteiger partial charge < -0.3 is 13.7 Å². The second kappa shape index (κ2) is 8.74. The van der Waals surface area contributed by atoms with Crippen LogP contribution in [0.4, 0.5) is 0 Å². The molecule has 0 fully saturated rings. The molecule has 1 heterocycles. The summed E-state index contributed by atoms with van der Waals surface area (Å²) in [5.41, 5.74) is 1.19. The highest BCUT2D eigenvalue weighted by Crippen LogP contribution is 2.39. The van der Waals surface area contributed by atoms with Crippen molar-refractivity contribution in [3.63, 3.8) is 0 Å². The number of hydrogen-bond acceptors (Lipinski definition) is 5. The van der Waals surface area contributed by atoms with Crippen molar-refractivity contribution < 1.29 is 17.6 Å². The van der Waals surface area contributed by atoms with Gasteiger partial charge in [-0.1, -0.05) is 39.0 Å². The minimum Gasteiger partial charge on any atom is -0.466 e. The van der Waals surface area contributed by atoms with Crippen LogP contribution in [0.15, 0.2) is 58.4 Å². The van der Waals surface area contributed by atoms with Crippen molar-refractivity contribution in [2.45, 2.75) is 57.0 Å². The zero-order valence-electron chi connectivity index (χ0n) is 20.6. The Labute approximate surface area is 197 Å². The Morgan fingerprint density at radius 1 is 1.00 bits per heavy atom. The molecule has 3 rings (SSSR count). The quantitative estimate of drug-likeness (QED) is 0.346. The van der Waals surface area contributed by atoms with Crippen molar-refractivity contribution in [1.82, 2.24) is 4.57 Å². The highest BCUT2D eigenvalue weighted by molar-refractivity contribution is 7.90. The topological polar surface area (TPSA) is 74.6 Å². The fourth-order valence-electron chi connectivity index (χ4n) is 3.48. The van der Waals surface area contributed by atoms with Gasteiger partial charge in [-0.25, -0.2) is 8.42 Å². The number of rotatable bonds is 6. The molecular weight excluding hydrogens is 454 g/mol. The van der Waals surface area contributed by atoms with Crippen molar-refractivity contribution in [2.24, 2.45) is 7.05 Å². The average molecular weight is 488 g/mol. The summed E-state index contributed by atoms with van der Waals surface area (Å²) in [6.07, 6.45) is 2.36. The predicted molar refractivity (Wildman–Crippen MR) is 136 cm³/mol. The molecule has 0 aliphatic heterocycles. The number of pyridine rings is 1. The van der Waals surface area contributed by atoms with Crippen molar-refractivity contribution in [2.75, 3.05) is 6.26 Å². The van der Waals surface area contributed by atoms with Gasteiger partial charge in [-0.15, -0.1) is 0 Å². The highest BCUT2D eigenvalue weighted by Gasteiger charge is 2.39. The number of nitrogens with zero attached hydrogens (tertiary/aromatic N) is 1. The van der Waals surface area contributed by atoms with Crippen molar-refractivity contribution >= 4 is 28.9 Å². The summed E-state index contributed by atoms with van der Waals surface area (Å²) in [7, 11) is -3.85. The standard InChI is InChI=1S/C25H33NO5SSi/c1-17(31-33(7,8)25(2,3)4)30-23-14-13-18(32(6,28)29)15-21(23)22-16-26(5)24(27)20-12-10-9-11-19(20)22/h9-17H,1-8H3. The lowest BCUT2D eigenvalue weighted by Crippen LogP contribution is -2.44. The van der Waals surface area contributed by atoms with Gasteiger partial charge in [-0.05, 0) is 54.7 Å². The van der Waals surface area contributed by atoms with Gasteiger partial charge in [0.15, 0.2) is 24.4 Å². The van der Waals surface area contributed by atoms with Gasteiger partial charge in [0, 0.05) is 36.0 Å². The maximum Gasteiger partial charge on any atom is 0.258 e. The number of hydrogen-bond donors (Lipinski definition) is 0. The smallest absolute Gasteiger partial charge is 0.258 e. The van der Waals surface area contributed by atoms with E-state index < -0.39 is 24.4 Å². The van der Waals surface area contributed by atoms with Crippen LogP contribution in [0.2, 0.25) is 18.1 Å². The molecule has 0 saturated carbocycles. The molecule has 178 valence electrons. The van der Waals surface area contributed by atoms with E-state index in [9.17, 15) is 13.2 Å². The number of benzene rings is 2. The third-order valence-corrected chi connectivity index (χ3v) is 12.0. The normalized spacial score (nSPS) is 13.8. The molecule has 0 radical (unpaired) electrons. The maximum absolute atomic E-state index is 12.7. The molecule has 0 saturated heterocycles. The Morgan fingerprint density at radius 3 is 2.18 bits per heavy atom. The molecule has 3 aromatic rings. The summed E-state index contributed by atoms with van der Waals surface area (Å²) >= 11 is 0. The first-order valence-electron chi connectivity index (χ1n) is 10.9. The van der Waals surface area contributed by atoms with Gasteiger partial charge in [-0.3, -0.25) is 4.79 Å². The van der Waals surface area contributed by atoms with Crippen LogP contribution in [0.25, 0.3) is 21.9 Å². The molecule has 0 spiro atoms. The van der Waals surface area contributed by atoms with Crippen LogP contribution in [0, 0.1) is 0 Å². The van der Waals surface area contributed by atoms with Gasteiger partial charge in [0.2, 0.25) is 0 Å². The molecule has 1 unspecified atom stereocenters. The third kappa shape index (κ3) is 5.23. The van der Waals surface area contributed by atoms with Crippen molar-refractivity contribution in [3.05, 3.63) is 59.0 Å². The fraction of sp³-hybridized carbons (Fsp3) is 0.400. The fourth-order valence-corrected chi connectivity index (χ4v) is 5.36. The first kappa shape index (κ1) is 25.2. The Kier molecular flexibility index (Phi) is 6.67. The third-order valence-electron chi connectivity index (χ3n) is 6.32. The lowest BCUT2D eigenvalue weighted by molar-refractivity contribution is 0.0110. The molecule has 0 aliphatic carbocycles. The number of fused-ring (bicyclic) bond motifs is 1. The van der Waals surface area contributed by atoms with Gasteiger partial charge in [0.25, 0.3) is 5.56 Å². The Bertz CT molecular complexity index is 1350. The zero-order chi connectivity index (χ0) is 24.8. The summed E-state index contributed by atoms with van der Waals surface area (Å²) < 4.78 is 38.8. The van der Waals surface area contributed by atoms with E-state index in [-0.39, 0.29) is 15.5 Å². The zero-order valence-corrected chi connectivity index (χ0v) is 22.4. The van der Waals surface area contributed by atoms with Gasteiger partial charge in [-0.2, -0.15) is 0 Å². The molecule has 0 amide bonds. The summed E-state index contributed by atoms with van der Waals surface area (Å²) in [4.78, 5) is 12.9. The Hall–Kier alpha value is -2.42.